The molecule has 0 atom stereocenters. The molecular formula is C23H25N3O3. The number of aromatic nitrogens is 1. The van der Waals surface area contributed by atoms with Crippen molar-refractivity contribution in [2.24, 2.45) is 5.92 Å². The number of aromatic amines is 1. The summed E-state index contributed by atoms with van der Waals surface area (Å²) in [5.74, 6) is -0.0895. The van der Waals surface area contributed by atoms with Crippen molar-refractivity contribution in [1.29, 1.82) is 0 Å². The average Bonchev–Trinajstić information content (AvgIpc) is 3.19. The molecule has 2 aromatic carbocycles. The molecule has 1 aromatic heterocycles. The molecule has 1 aliphatic heterocycles. The van der Waals surface area contributed by atoms with Crippen molar-refractivity contribution in [2.45, 2.75) is 12.8 Å². The van der Waals surface area contributed by atoms with Crippen LogP contribution in [0.2, 0.25) is 0 Å². The van der Waals surface area contributed by atoms with Crippen LogP contribution in [0.4, 0.5) is 5.69 Å². The van der Waals surface area contributed by atoms with Gasteiger partial charge in [-0.15, -0.1) is 0 Å². The van der Waals surface area contributed by atoms with E-state index in [0.29, 0.717) is 25.9 Å². The predicted molar refractivity (Wildman–Crippen MR) is 114 cm³/mol. The number of nitrogens with one attached hydrogen (secondary N) is 2. The fraction of sp³-hybridized carbons (Fsp3) is 0.304. The number of hydrogen-bond donors (Lipinski definition) is 2. The van der Waals surface area contributed by atoms with E-state index in [1.807, 2.05) is 42.5 Å². The van der Waals surface area contributed by atoms with E-state index in [9.17, 15) is 9.59 Å². The number of amides is 2. The largest absolute Gasteiger partial charge is 0.375 e. The molecule has 4 rings (SSSR count). The standard InChI is InChI=1S/C23H25N3O3/c1-29-15-22(27)26-11-9-16(10-12-26)23(28)24-19-7-4-6-17(13-19)21-14-18-5-2-3-8-20(18)25-21/h2-8,13-14,16,25H,9-12,15H2,1H3,(H,24,28). The van der Waals surface area contributed by atoms with Gasteiger partial charge < -0.3 is 19.9 Å². The molecule has 6 nitrogen and oxygen atoms in total. The van der Waals surface area contributed by atoms with Crippen molar-refractivity contribution in [3.8, 4) is 11.3 Å². The zero-order chi connectivity index (χ0) is 20.2. The molecule has 0 unspecified atom stereocenters. The van der Waals surface area contributed by atoms with Crippen LogP contribution in [0.1, 0.15) is 12.8 Å². The second kappa shape index (κ2) is 8.49. The van der Waals surface area contributed by atoms with Crippen molar-refractivity contribution in [2.75, 3.05) is 32.1 Å². The first kappa shape index (κ1) is 19.2. The molecule has 150 valence electrons. The Morgan fingerprint density at radius 1 is 1.10 bits per heavy atom. The molecule has 1 fully saturated rings. The molecule has 1 aliphatic rings. The third-order valence-electron chi connectivity index (χ3n) is 5.46. The number of ether oxygens (including phenoxy) is 1. The van der Waals surface area contributed by atoms with Crippen molar-refractivity contribution in [1.82, 2.24) is 9.88 Å². The Morgan fingerprint density at radius 2 is 1.90 bits per heavy atom. The molecule has 1 saturated heterocycles. The number of hydrogen-bond acceptors (Lipinski definition) is 3. The summed E-state index contributed by atoms with van der Waals surface area (Å²) in [5.41, 5.74) is 3.92. The van der Waals surface area contributed by atoms with Crippen molar-refractivity contribution in [3.63, 3.8) is 0 Å². The van der Waals surface area contributed by atoms with Gasteiger partial charge in [0.15, 0.2) is 0 Å². The third-order valence-corrected chi connectivity index (χ3v) is 5.46. The number of carbonyl (C=O) groups is 2. The van der Waals surface area contributed by atoms with Crippen LogP contribution in [0.25, 0.3) is 22.2 Å². The maximum atomic E-state index is 12.7. The van der Waals surface area contributed by atoms with Crippen LogP contribution in [0.15, 0.2) is 54.6 Å². The molecule has 0 radical (unpaired) electrons. The van der Waals surface area contributed by atoms with Crippen LogP contribution in [-0.2, 0) is 14.3 Å². The van der Waals surface area contributed by atoms with Gasteiger partial charge in [-0.2, -0.15) is 0 Å². The maximum Gasteiger partial charge on any atom is 0.248 e. The van der Waals surface area contributed by atoms with E-state index in [-0.39, 0.29) is 24.3 Å². The number of nitrogens with zero attached hydrogens (tertiary/aromatic N) is 1. The average molecular weight is 391 g/mol. The lowest BCUT2D eigenvalue weighted by Gasteiger charge is -2.31. The monoisotopic (exact) mass is 391 g/mol. The lowest BCUT2D eigenvalue weighted by molar-refractivity contribution is -0.138. The second-order valence-corrected chi connectivity index (χ2v) is 7.43. The topological polar surface area (TPSA) is 74.4 Å². The number of carbonyl (C=O) groups excluding carboxylic acids is 2. The van der Waals surface area contributed by atoms with Crippen LogP contribution in [0.5, 0.6) is 0 Å². The van der Waals surface area contributed by atoms with E-state index in [0.717, 1.165) is 27.8 Å². The zero-order valence-electron chi connectivity index (χ0n) is 16.5. The minimum absolute atomic E-state index is 0.0117. The Balaban J connectivity index is 1.40. The molecular weight excluding hydrogens is 366 g/mol. The highest BCUT2D eigenvalue weighted by Gasteiger charge is 2.27. The van der Waals surface area contributed by atoms with E-state index in [1.54, 1.807) is 4.90 Å². The van der Waals surface area contributed by atoms with Gasteiger partial charge in [-0.3, -0.25) is 9.59 Å². The molecule has 0 aliphatic carbocycles. The Kier molecular flexibility index (Phi) is 5.62. The number of benzene rings is 2. The second-order valence-electron chi connectivity index (χ2n) is 7.43. The van der Waals surface area contributed by atoms with Crippen molar-refractivity contribution in [3.05, 3.63) is 54.6 Å². The fourth-order valence-electron chi connectivity index (χ4n) is 3.84. The molecule has 3 aromatic rings. The molecule has 2 N–H and O–H groups in total. The van der Waals surface area contributed by atoms with Crippen molar-refractivity contribution < 1.29 is 14.3 Å². The summed E-state index contributed by atoms with van der Waals surface area (Å²) in [7, 11) is 1.52. The Bertz CT molecular complexity index is 986. The fourth-order valence-corrected chi connectivity index (χ4v) is 3.84. The number of para-hydroxylation sites is 1. The van der Waals surface area contributed by atoms with Gasteiger partial charge >= 0.3 is 0 Å². The highest BCUT2D eigenvalue weighted by Crippen LogP contribution is 2.27. The van der Waals surface area contributed by atoms with Gasteiger partial charge in [0, 0.05) is 54.0 Å². The summed E-state index contributed by atoms with van der Waals surface area (Å²) in [6.45, 7) is 1.28. The van der Waals surface area contributed by atoms with E-state index in [4.69, 9.17) is 4.74 Å². The number of H-pyrrole nitrogens is 1. The summed E-state index contributed by atoms with van der Waals surface area (Å²) in [6, 6.07) is 18.1. The van der Waals surface area contributed by atoms with Gasteiger partial charge in [0.2, 0.25) is 11.8 Å². The van der Waals surface area contributed by atoms with Crippen LogP contribution in [-0.4, -0.2) is 48.5 Å². The summed E-state index contributed by atoms with van der Waals surface area (Å²) in [5, 5.41) is 4.20. The zero-order valence-corrected chi connectivity index (χ0v) is 16.5. The molecule has 0 bridgehead atoms. The van der Waals surface area contributed by atoms with Crippen LogP contribution >= 0.6 is 0 Å². The first-order valence-electron chi connectivity index (χ1n) is 9.90. The number of rotatable bonds is 5. The number of likely N-dealkylation sites (tertiary alicyclic amines) is 1. The Labute approximate surface area is 169 Å². The molecule has 6 heteroatoms. The van der Waals surface area contributed by atoms with E-state index >= 15 is 0 Å². The van der Waals surface area contributed by atoms with Crippen LogP contribution in [0, 0.1) is 5.92 Å². The van der Waals surface area contributed by atoms with E-state index < -0.39 is 0 Å². The third kappa shape index (κ3) is 4.32. The quantitative estimate of drug-likeness (QED) is 0.697. The highest BCUT2D eigenvalue weighted by atomic mass is 16.5. The maximum absolute atomic E-state index is 12.7. The van der Waals surface area contributed by atoms with E-state index in [2.05, 4.69) is 22.4 Å². The Hall–Kier alpha value is -3.12. The number of anilines is 1. The summed E-state index contributed by atoms with van der Waals surface area (Å²) < 4.78 is 4.90. The highest BCUT2D eigenvalue weighted by molar-refractivity contribution is 5.94. The van der Waals surface area contributed by atoms with Crippen LogP contribution < -0.4 is 5.32 Å². The lowest BCUT2D eigenvalue weighted by Crippen LogP contribution is -2.42. The van der Waals surface area contributed by atoms with Gasteiger partial charge in [0.05, 0.1) is 0 Å². The Morgan fingerprint density at radius 3 is 2.66 bits per heavy atom. The molecule has 0 spiro atoms. The molecule has 2 amide bonds. The number of methoxy groups -OCH3 is 1. The van der Waals surface area contributed by atoms with E-state index in [1.165, 1.54) is 7.11 Å². The van der Waals surface area contributed by atoms with Gasteiger partial charge in [0.1, 0.15) is 6.61 Å². The predicted octanol–water partition coefficient (Wildman–Crippen LogP) is 3.66. The normalized spacial score (nSPS) is 14.9. The van der Waals surface area contributed by atoms with Gasteiger partial charge in [-0.1, -0.05) is 30.3 Å². The number of fused-ring (bicyclic) bond motifs is 1. The van der Waals surface area contributed by atoms with Crippen molar-refractivity contribution >= 4 is 28.4 Å². The van der Waals surface area contributed by atoms with Gasteiger partial charge in [-0.25, -0.2) is 0 Å². The summed E-state index contributed by atoms with van der Waals surface area (Å²) in [6.07, 6.45) is 1.34. The number of piperidine rings is 1. The minimum Gasteiger partial charge on any atom is -0.375 e. The first-order valence-corrected chi connectivity index (χ1v) is 9.90. The molecule has 29 heavy (non-hydrogen) atoms. The summed E-state index contributed by atoms with van der Waals surface area (Å²) >= 11 is 0. The van der Waals surface area contributed by atoms with Gasteiger partial charge in [-0.05, 0) is 37.1 Å². The lowest BCUT2D eigenvalue weighted by atomic mass is 9.95. The molecule has 2 heterocycles. The summed E-state index contributed by atoms with van der Waals surface area (Å²) in [4.78, 5) is 29.8. The molecule has 0 saturated carbocycles. The van der Waals surface area contributed by atoms with Gasteiger partial charge in [0.25, 0.3) is 0 Å². The van der Waals surface area contributed by atoms with Crippen LogP contribution in [0.3, 0.4) is 0 Å². The minimum atomic E-state index is -0.0849. The SMILES string of the molecule is COCC(=O)N1CCC(C(=O)Nc2cccc(-c3cc4ccccc4[nH]3)c2)CC1. The first-order chi connectivity index (χ1) is 14.1. The smallest absolute Gasteiger partial charge is 0.248 e.